The van der Waals surface area contributed by atoms with Crippen LogP contribution in [0.2, 0.25) is 5.02 Å². The van der Waals surface area contributed by atoms with E-state index in [1.807, 2.05) is 6.07 Å². The zero-order valence-electron chi connectivity index (χ0n) is 15.5. The summed E-state index contributed by atoms with van der Waals surface area (Å²) in [6, 6.07) is 20.0. The molecule has 1 N–H and O–H groups in total. The average molecular weight is 494 g/mol. The number of para-hydroxylation sites is 1. The average Bonchev–Trinajstić information content (AvgIpc) is 2.69. The fourth-order valence-electron chi connectivity index (χ4n) is 2.80. The van der Waals surface area contributed by atoms with Crippen LogP contribution in [-0.4, -0.2) is 20.9 Å². The highest BCUT2D eigenvalue weighted by Crippen LogP contribution is 2.29. The summed E-state index contributed by atoms with van der Waals surface area (Å²) >= 11 is 9.40. The van der Waals surface area contributed by atoms with Crippen molar-refractivity contribution in [3.63, 3.8) is 0 Å². The van der Waals surface area contributed by atoms with E-state index in [-0.39, 0.29) is 11.4 Å². The number of nitrogens with zero attached hydrogens (tertiary/aromatic N) is 1. The summed E-state index contributed by atoms with van der Waals surface area (Å²) in [5.41, 5.74) is 1.59. The fourth-order valence-corrected chi connectivity index (χ4v) is 4.92. The van der Waals surface area contributed by atoms with E-state index in [0.29, 0.717) is 26.4 Å². The van der Waals surface area contributed by atoms with Gasteiger partial charge in [0.05, 0.1) is 16.3 Å². The van der Waals surface area contributed by atoms with Crippen molar-refractivity contribution < 1.29 is 13.2 Å². The van der Waals surface area contributed by atoms with Crippen molar-refractivity contribution in [2.24, 2.45) is 0 Å². The molecule has 3 aromatic carbocycles. The maximum absolute atomic E-state index is 13.3. The molecule has 0 heterocycles. The van der Waals surface area contributed by atoms with Crippen LogP contribution in [0.1, 0.15) is 5.56 Å². The minimum Gasteiger partial charge on any atom is -0.323 e. The lowest BCUT2D eigenvalue weighted by Crippen LogP contribution is -2.38. The lowest BCUT2D eigenvalue weighted by molar-refractivity contribution is -0.114. The van der Waals surface area contributed by atoms with Crippen LogP contribution in [0.25, 0.3) is 0 Å². The number of carbonyl (C=O) groups excluding carboxylic acids is 1. The predicted octanol–water partition coefficient (Wildman–Crippen LogP) is 5.24. The van der Waals surface area contributed by atoms with Crippen LogP contribution in [0.3, 0.4) is 0 Å². The maximum Gasteiger partial charge on any atom is 0.264 e. The van der Waals surface area contributed by atoms with E-state index < -0.39 is 15.9 Å². The number of nitrogens with one attached hydrogen (secondary N) is 1. The maximum atomic E-state index is 13.3. The first-order valence-corrected chi connectivity index (χ1v) is 11.3. The third-order valence-electron chi connectivity index (χ3n) is 4.19. The van der Waals surface area contributed by atoms with Gasteiger partial charge in [0.25, 0.3) is 10.0 Å². The number of hydrogen-bond donors (Lipinski definition) is 1. The van der Waals surface area contributed by atoms with Crippen molar-refractivity contribution in [1.29, 1.82) is 0 Å². The van der Waals surface area contributed by atoms with Gasteiger partial charge in [-0.1, -0.05) is 41.9 Å². The van der Waals surface area contributed by atoms with Crippen LogP contribution >= 0.6 is 27.5 Å². The molecule has 0 bridgehead atoms. The Labute approximate surface area is 183 Å². The van der Waals surface area contributed by atoms with E-state index in [0.717, 1.165) is 4.31 Å². The normalized spacial score (nSPS) is 11.1. The molecule has 0 aliphatic carbocycles. The number of sulfonamides is 1. The van der Waals surface area contributed by atoms with Crippen molar-refractivity contribution in [2.75, 3.05) is 16.2 Å². The van der Waals surface area contributed by atoms with Gasteiger partial charge in [0, 0.05) is 9.50 Å². The van der Waals surface area contributed by atoms with Gasteiger partial charge in [-0.2, -0.15) is 0 Å². The molecule has 0 radical (unpaired) electrons. The van der Waals surface area contributed by atoms with Gasteiger partial charge in [-0.15, -0.1) is 0 Å². The first-order chi connectivity index (χ1) is 13.8. The molecule has 29 heavy (non-hydrogen) atoms. The number of amides is 1. The number of rotatable bonds is 6. The van der Waals surface area contributed by atoms with Crippen LogP contribution < -0.4 is 9.62 Å². The number of aryl methyl sites for hydroxylation is 1. The third-order valence-corrected chi connectivity index (χ3v) is 6.89. The molecule has 3 aromatic rings. The highest BCUT2D eigenvalue weighted by Gasteiger charge is 2.28. The number of hydrogen-bond acceptors (Lipinski definition) is 3. The first kappa shape index (κ1) is 21.4. The summed E-state index contributed by atoms with van der Waals surface area (Å²) in [5, 5.41) is 3.23. The molecule has 0 aliphatic rings. The van der Waals surface area contributed by atoms with Crippen LogP contribution in [0.4, 0.5) is 11.4 Å². The molecule has 150 valence electrons. The van der Waals surface area contributed by atoms with E-state index in [1.165, 1.54) is 12.1 Å². The molecule has 0 spiro atoms. The summed E-state index contributed by atoms with van der Waals surface area (Å²) in [7, 11) is -3.97. The van der Waals surface area contributed by atoms with Crippen molar-refractivity contribution in [2.45, 2.75) is 11.8 Å². The molecule has 0 aromatic heterocycles. The Morgan fingerprint density at radius 1 is 1.03 bits per heavy atom. The van der Waals surface area contributed by atoms with Gasteiger partial charge in [-0.05, 0) is 70.9 Å². The van der Waals surface area contributed by atoms with E-state index in [1.54, 1.807) is 61.5 Å². The number of halogens is 2. The molecule has 0 fully saturated rings. The Hall–Kier alpha value is -2.35. The molecule has 0 saturated heterocycles. The monoisotopic (exact) mass is 492 g/mol. The largest absolute Gasteiger partial charge is 0.323 e. The van der Waals surface area contributed by atoms with E-state index in [2.05, 4.69) is 21.2 Å². The van der Waals surface area contributed by atoms with Crippen molar-refractivity contribution in [3.05, 3.63) is 87.9 Å². The van der Waals surface area contributed by atoms with Gasteiger partial charge in [0.2, 0.25) is 5.91 Å². The predicted molar refractivity (Wildman–Crippen MR) is 120 cm³/mol. The second-order valence-corrected chi connectivity index (χ2v) is 9.44. The van der Waals surface area contributed by atoms with Crippen molar-refractivity contribution in [1.82, 2.24) is 0 Å². The zero-order valence-corrected chi connectivity index (χ0v) is 18.6. The summed E-state index contributed by atoms with van der Waals surface area (Å²) in [6.45, 7) is 1.36. The molecule has 8 heteroatoms. The van der Waals surface area contributed by atoms with Crippen molar-refractivity contribution >= 4 is 54.8 Å². The van der Waals surface area contributed by atoms with Gasteiger partial charge < -0.3 is 5.32 Å². The number of carbonyl (C=O) groups is 1. The molecule has 0 unspecified atom stereocenters. The van der Waals surface area contributed by atoms with Gasteiger partial charge in [-0.3, -0.25) is 9.10 Å². The molecule has 0 atom stereocenters. The number of anilines is 2. The molecule has 5 nitrogen and oxygen atoms in total. The second-order valence-electron chi connectivity index (χ2n) is 6.28. The van der Waals surface area contributed by atoms with Gasteiger partial charge in [0.15, 0.2) is 0 Å². The van der Waals surface area contributed by atoms with Gasteiger partial charge in [-0.25, -0.2) is 8.42 Å². The summed E-state index contributed by atoms with van der Waals surface area (Å²) in [6.07, 6.45) is 0. The van der Waals surface area contributed by atoms with Gasteiger partial charge in [0.1, 0.15) is 6.54 Å². The lowest BCUT2D eigenvalue weighted by atomic mass is 10.2. The quantitative estimate of drug-likeness (QED) is 0.510. The highest BCUT2D eigenvalue weighted by molar-refractivity contribution is 9.10. The zero-order chi connectivity index (χ0) is 21.0. The SMILES string of the molecule is Cc1cc(Cl)ccc1N(CC(=O)Nc1ccccc1Br)S(=O)(=O)c1ccccc1. The standard InChI is InChI=1S/C21H18BrClN2O3S/c1-15-13-16(23)11-12-20(15)25(29(27,28)17-7-3-2-4-8-17)14-21(26)24-19-10-6-5-9-18(19)22/h2-13H,14H2,1H3,(H,24,26). The minimum absolute atomic E-state index is 0.100. The highest BCUT2D eigenvalue weighted by atomic mass is 79.9. The Bertz CT molecular complexity index is 1140. The third kappa shape index (κ3) is 4.98. The second kappa shape index (κ2) is 8.98. The van der Waals surface area contributed by atoms with E-state index in [4.69, 9.17) is 11.6 Å². The fraction of sp³-hybridized carbons (Fsp3) is 0.0952. The lowest BCUT2D eigenvalue weighted by Gasteiger charge is -2.26. The molecule has 0 saturated carbocycles. The smallest absolute Gasteiger partial charge is 0.264 e. The molecule has 0 aliphatic heterocycles. The molecule has 3 rings (SSSR count). The topological polar surface area (TPSA) is 66.5 Å². The first-order valence-electron chi connectivity index (χ1n) is 8.67. The Kier molecular flexibility index (Phi) is 6.62. The molecular formula is C21H18BrClN2O3S. The van der Waals surface area contributed by atoms with E-state index >= 15 is 0 Å². The molecule has 1 amide bonds. The van der Waals surface area contributed by atoms with Crippen molar-refractivity contribution in [3.8, 4) is 0 Å². The Morgan fingerprint density at radius 3 is 2.34 bits per heavy atom. The van der Waals surface area contributed by atoms with Gasteiger partial charge >= 0.3 is 0 Å². The summed E-state index contributed by atoms with van der Waals surface area (Å²) in [5.74, 6) is -0.467. The Balaban J connectivity index is 1.99. The molecular weight excluding hydrogens is 476 g/mol. The van der Waals surface area contributed by atoms with Crippen LogP contribution in [-0.2, 0) is 14.8 Å². The Morgan fingerprint density at radius 2 is 1.69 bits per heavy atom. The van der Waals surface area contributed by atoms with Crippen LogP contribution in [0, 0.1) is 6.92 Å². The summed E-state index contributed by atoms with van der Waals surface area (Å²) < 4.78 is 28.5. The van der Waals surface area contributed by atoms with Crippen LogP contribution in [0.15, 0.2) is 82.2 Å². The summed E-state index contributed by atoms with van der Waals surface area (Å²) in [4.78, 5) is 12.8. The number of benzene rings is 3. The van der Waals surface area contributed by atoms with E-state index in [9.17, 15) is 13.2 Å². The van der Waals surface area contributed by atoms with Crippen LogP contribution in [0.5, 0.6) is 0 Å². The minimum atomic E-state index is -3.97.